The van der Waals surface area contributed by atoms with Gasteiger partial charge in [0.15, 0.2) is 11.9 Å². The van der Waals surface area contributed by atoms with Crippen molar-refractivity contribution in [2.24, 2.45) is 50.3 Å². The molecule has 0 aliphatic heterocycles. The second-order valence-electron chi connectivity index (χ2n) is 13.5. The Kier molecular flexibility index (Phi) is 19.9. The van der Waals surface area contributed by atoms with Gasteiger partial charge in [-0.1, -0.05) is 44.2 Å². The van der Waals surface area contributed by atoms with E-state index in [9.17, 15) is 28.8 Å². The molecular formula is C35H57N15O6. The number of nitrogens with zero attached hydrogens (tertiary/aromatic N) is 3. The van der Waals surface area contributed by atoms with Crippen molar-refractivity contribution in [3.63, 3.8) is 0 Å². The number of amides is 6. The molecule has 0 unspecified atom stereocenters. The van der Waals surface area contributed by atoms with E-state index in [1.807, 2.05) is 13.8 Å². The fourth-order valence-corrected chi connectivity index (χ4v) is 5.41. The maximum absolute atomic E-state index is 13.6. The molecule has 56 heavy (non-hydrogen) atoms. The summed E-state index contributed by atoms with van der Waals surface area (Å²) in [6, 6.07) is 3.45. The van der Waals surface area contributed by atoms with Crippen LogP contribution in [0.5, 0.6) is 0 Å². The van der Waals surface area contributed by atoms with E-state index in [-0.39, 0.29) is 75.9 Å². The van der Waals surface area contributed by atoms with Crippen LogP contribution in [0.15, 0.2) is 52.8 Å². The third-order valence-electron chi connectivity index (χ3n) is 8.21. The molecular weight excluding hydrogens is 726 g/mol. The molecule has 0 bridgehead atoms. The summed E-state index contributed by atoms with van der Waals surface area (Å²) in [6.07, 6.45) is 4.15. The predicted octanol–water partition coefficient (Wildman–Crippen LogP) is -3.78. The minimum atomic E-state index is -1.18. The van der Waals surface area contributed by atoms with Crippen molar-refractivity contribution in [2.75, 3.05) is 19.6 Å². The quantitative estimate of drug-likeness (QED) is 0.0262. The lowest BCUT2D eigenvalue weighted by molar-refractivity contribution is -0.134. The van der Waals surface area contributed by atoms with Crippen molar-refractivity contribution in [3.8, 4) is 0 Å². The first kappa shape index (κ1) is 45.9. The first-order valence-corrected chi connectivity index (χ1v) is 18.2. The molecule has 308 valence electrons. The number of guanidine groups is 2. The molecule has 0 fully saturated rings. The summed E-state index contributed by atoms with van der Waals surface area (Å²) in [5.41, 5.74) is 34.7. The summed E-state index contributed by atoms with van der Waals surface area (Å²) in [7, 11) is 0. The lowest BCUT2D eigenvalue weighted by Crippen LogP contribution is -2.57. The SMILES string of the molecule is CC(C)C[C@H](NC(=O)[C@@H](N)Cc1cnc[nH]1)C(=O)N[C@@H](CCCN=C(N)N)C(=O)NCC(=O)N[C@@H](CCCN=C(N)N)C(=O)N[C@@H](Cc1ccccc1)C(N)=O. The van der Waals surface area contributed by atoms with Crippen molar-refractivity contribution >= 4 is 47.4 Å². The van der Waals surface area contributed by atoms with E-state index in [1.165, 1.54) is 12.5 Å². The molecule has 1 heterocycles. The Labute approximate surface area is 325 Å². The summed E-state index contributed by atoms with van der Waals surface area (Å²) in [6.45, 7) is 3.43. The maximum atomic E-state index is 13.6. The molecule has 2 rings (SSSR count). The molecule has 21 heteroatoms. The number of imidazole rings is 1. The number of carbonyl (C=O) groups is 6. The molecule has 0 aliphatic rings. The first-order valence-electron chi connectivity index (χ1n) is 18.2. The van der Waals surface area contributed by atoms with Crippen molar-refractivity contribution in [2.45, 2.75) is 89.0 Å². The molecule has 1 aromatic heterocycles. The molecule has 6 amide bonds. The second-order valence-corrected chi connectivity index (χ2v) is 13.5. The highest BCUT2D eigenvalue weighted by atomic mass is 16.2. The van der Waals surface area contributed by atoms with Crippen LogP contribution in [0.3, 0.4) is 0 Å². The highest BCUT2D eigenvalue weighted by molar-refractivity contribution is 5.95. The number of nitrogens with one attached hydrogen (secondary N) is 6. The Morgan fingerprint density at radius 3 is 1.80 bits per heavy atom. The van der Waals surface area contributed by atoms with Crippen LogP contribution in [0.1, 0.15) is 57.2 Å². The number of carbonyl (C=O) groups excluding carboxylic acids is 6. The van der Waals surface area contributed by atoms with Gasteiger partial charge in [0.25, 0.3) is 0 Å². The molecule has 5 atom stereocenters. The van der Waals surface area contributed by atoms with Gasteiger partial charge in [-0.2, -0.15) is 0 Å². The Balaban J connectivity index is 2.16. The lowest BCUT2D eigenvalue weighted by atomic mass is 10.0. The third-order valence-corrected chi connectivity index (χ3v) is 8.21. The van der Waals surface area contributed by atoms with Crippen molar-refractivity contribution in [1.82, 2.24) is 36.6 Å². The van der Waals surface area contributed by atoms with Gasteiger partial charge < -0.3 is 66.0 Å². The van der Waals surface area contributed by atoms with E-state index in [2.05, 4.69) is 46.5 Å². The van der Waals surface area contributed by atoms with Crippen molar-refractivity contribution < 1.29 is 28.8 Å². The van der Waals surface area contributed by atoms with Gasteiger partial charge in [-0.15, -0.1) is 0 Å². The Bertz CT molecular complexity index is 1630. The number of aromatic amines is 1. The molecule has 0 radical (unpaired) electrons. The molecule has 0 saturated heterocycles. The van der Waals surface area contributed by atoms with Crippen LogP contribution >= 0.6 is 0 Å². The number of benzene rings is 1. The van der Waals surface area contributed by atoms with E-state index in [0.29, 0.717) is 5.69 Å². The minimum Gasteiger partial charge on any atom is -0.370 e. The fraction of sp³-hybridized carbons (Fsp3) is 0.514. The van der Waals surface area contributed by atoms with Crippen LogP contribution in [0.25, 0.3) is 0 Å². The summed E-state index contributed by atoms with van der Waals surface area (Å²) in [5.74, 6) is -4.52. The highest BCUT2D eigenvalue weighted by Gasteiger charge is 2.30. The number of hydrogen-bond acceptors (Lipinski definition) is 10. The average Bonchev–Trinajstić information content (AvgIpc) is 3.65. The number of hydrogen-bond donors (Lipinski definition) is 12. The van der Waals surface area contributed by atoms with Gasteiger partial charge in [0.2, 0.25) is 35.4 Å². The fourth-order valence-electron chi connectivity index (χ4n) is 5.41. The number of rotatable bonds is 25. The standard InChI is InChI=1S/C35H57N15O6/c1-20(2)14-27(50-30(53)23(36)16-22-17-42-19-46-22)33(56)48-24(10-6-12-43-34(38)39)31(54)45-18-28(51)47-25(11-7-13-44-35(40)41)32(55)49-26(29(37)52)15-21-8-4-3-5-9-21/h3-5,8-9,17,19-20,23-27H,6-7,10-16,18,36H2,1-2H3,(H2,37,52)(H,42,46)(H,45,54)(H,47,51)(H,48,56)(H,49,55)(H,50,53)(H4,38,39,43)(H4,40,41,44)/t23-,24-,25-,26-,27-/m0/s1. The highest BCUT2D eigenvalue weighted by Crippen LogP contribution is 2.09. The molecule has 18 N–H and O–H groups in total. The normalized spacial score (nSPS) is 13.5. The summed E-state index contributed by atoms with van der Waals surface area (Å²) in [4.78, 5) is 93.4. The van der Waals surface area contributed by atoms with Gasteiger partial charge >= 0.3 is 0 Å². The lowest BCUT2D eigenvalue weighted by Gasteiger charge is -2.25. The zero-order valence-corrected chi connectivity index (χ0v) is 31.8. The molecule has 21 nitrogen and oxygen atoms in total. The van der Waals surface area contributed by atoms with E-state index >= 15 is 0 Å². The number of nitrogens with two attached hydrogens (primary N) is 6. The van der Waals surface area contributed by atoms with Gasteiger partial charge in [0.05, 0.1) is 18.9 Å². The average molecular weight is 784 g/mol. The smallest absolute Gasteiger partial charge is 0.243 e. The van der Waals surface area contributed by atoms with E-state index in [4.69, 9.17) is 34.4 Å². The number of primary amides is 1. The van der Waals surface area contributed by atoms with E-state index in [1.54, 1.807) is 30.3 Å². The minimum absolute atomic E-state index is 0.0334. The molecule has 0 aliphatic carbocycles. The van der Waals surface area contributed by atoms with Crippen LogP contribution in [-0.4, -0.2) is 107 Å². The number of aromatic nitrogens is 2. The largest absolute Gasteiger partial charge is 0.370 e. The van der Waals surface area contributed by atoms with Crippen LogP contribution in [-0.2, 0) is 41.6 Å². The van der Waals surface area contributed by atoms with E-state index in [0.717, 1.165) is 5.56 Å². The predicted molar refractivity (Wildman–Crippen MR) is 210 cm³/mol. The van der Waals surface area contributed by atoms with Crippen LogP contribution in [0.4, 0.5) is 0 Å². The number of aliphatic imine (C=N–C) groups is 2. The summed E-state index contributed by atoms with van der Waals surface area (Å²) in [5, 5.41) is 13.0. The van der Waals surface area contributed by atoms with Gasteiger partial charge in [-0.25, -0.2) is 4.98 Å². The van der Waals surface area contributed by atoms with Gasteiger partial charge in [0.1, 0.15) is 24.2 Å². The molecule has 1 aromatic carbocycles. The number of H-pyrrole nitrogens is 1. The second kappa shape index (κ2) is 24.2. The Morgan fingerprint density at radius 2 is 1.27 bits per heavy atom. The van der Waals surface area contributed by atoms with Crippen molar-refractivity contribution in [1.29, 1.82) is 0 Å². The molecule has 2 aromatic rings. The van der Waals surface area contributed by atoms with Crippen LogP contribution in [0, 0.1) is 5.92 Å². The van der Waals surface area contributed by atoms with Crippen LogP contribution < -0.4 is 61.0 Å². The summed E-state index contributed by atoms with van der Waals surface area (Å²) >= 11 is 0. The first-order chi connectivity index (χ1) is 26.5. The Morgan fingerprint density at radius 1 is 0.714 bits per heavy atom. The summed E-state index contributed by atoms with van der Waals surface area (Å²) < 4.78 is 0. The van der Waals surface area contributed by atoms with Gasteiger partial charge in [-0.3, -0.25) is 38.8 Å². The zero-order valence-electron chi connectivity index (χ0n) is 31.8. The van der Waals surface area contributed by atoms with Crippen LogP contribution in [0.2, 0.25) is 0 Å². The molecule has 0 spiro atoms. The van der Waals surface area contributed by atoms with E-state index < -0.39 is 72.2 Å². The zero-order chi connectivity index (χ0) is 41.6. The third kappa shape index (κ3) is 18.2. The van der Waals surface area contributed by atoms with Crippen molar-refractivity contribution in [3.05, 3.63) is 54.1 Å². The monoisotopic (exact) mass is 783 g/mol. The Hall–Kier alpha value is -6.25. The van der Waals surface area contributed by atoms with Gasteiger partial charge in [-0.05, 0) is 43.6 Å². The molecule has 0 saturated carbocycles. The van der Waals surface area contributed by atoms with Gasteiger partial charge in [0, 0.05) is 37.8 Å². The topological polar surface area (TPSA) is 372 Å². The maximum Gasteiger partial charge on any atom is 0.243 e.